The van der Waals surface area contributed by atoms with Gasteiger partial charge in [-0.15, -0.1) is 0 Å². The molecule has 1 fully saturated rings. The van der Waals surface area contributed by atoms with Crippen molar-refractivity contribution in [3.05, 3.63) is 64.7 Å². The molecule has 1 atom stereocenters. The number of benzene rings is 2. The number of carbonyl (C=O) groups excluding carboxylic acids is 2. The minimum Gasteiger partial charge on any atom is -0.508 e. The highest BCUT2D eigenvalue weighted by molar-refractivity contribution is 6.30. The second-order valence-electron chi connectivity index (χ2n) is 6.38. The van der Waals surface area contributed by atoms with E-state index in [0.717, 1.165) is 5.56 Å². The third-order valence-electron chi connectivity index (χ3n) is 4.29. The zero-order valence-corrected chi connectivity index (χ0v) is 15.9. The van der Waals surface area contributed by atoms with Crippen LogP contribution in [0.15, 0.2) is 48.5 Å². The first-order chi connectivity index (χ1) is 13.5. The van der Waals surface area contributed by atoms with Crippen LogP contribution in [0.4, 0.5) is 4.79 Å². The number of ether oxygens (including phenoxy) is 2. The number of halogens is 1. The number of nitrogens with zero attached hydrogens (tertiary/aromatic N) is 1. The largest absolute Gasteiger partial charge is 0.508 e. The lowest BCUT2D eigenvalue weighted by Crippen LogP contribution is -2.49. The third-order valence-corrected chi connectivity index (χ3v) is 4.54. The lowest BCUT2D eigenvalue weighted by Gasteiger charge is -2.32. The first kappa shape index (κ1) is 20.0. The van der Waals surface area contributed by atoms with Crippen LogP contribution in [0.2, 0.25) is 5.02 Å². The number of hydrogen-bond donors (Lipinski definition) is 2. The molecule has 1 aliphatic heterocycles. The van der Waals surface area contributed by atoms with Gasteiger partial charge in [0.25, 0.3) is 5.91 Å². The van der Waals surface area contributed by atoms with Crippen LogP contribution in [0.1, 0.15) is 15.9 Å². The van der Waals surface area contributed by atoms with E-state index in [1.165, 1.54) is 24.3 Å². The number of amides is 2. The molecule has 148 valence electrons. The maximum Gasteiger partial charge on any atom is 0.410 e. The standard InChI is InChI=1S/C20H21ClN2O5/c21-16-5-1-14(2-6-16)13-28-20(26)23-9-10-27-18(12-23)11-22-19(25)15-3-7-17(24)8-4-15/h1-8,18,24H,9-13H2,(H,22,25)/t18-/m1/s1. The summed E-state index contributed by atoms with van der Waals surface area (Å²) in [5.41, 5.74) is 1.29. The van der Waals surface area contributed by atoms with E-state index in [1.54, 1.807) is 29.2 Å². The van der Waals surface area contributed by atoms with Crippen molar-refractivity contribution in [3.63, 3.8) is 0 Å². The monoisotopic (exact) mass is 404 g/mol. The summed E-state index contributed by atoms with van der Waals surface area (Å²) in [5, 5.41) is 12.7. The summed E-state index contributed by atoms with van der Waals surface area (Å²) < 4.78 is 11.0. The minimum absolute atomic E-state index is 0.0971. The van der Waals surface area contributed by atoms with Gasteiger partial charge in [0, 0.05) is 23.7 Å². The minimum atomic E-state index is -0.423. The summed E-state index contributed by atoms with van der Waals surface area (Å²) in [6.07, 6.45) is -0.744. The van der Waals surface area contributed by atoms with E-state index in [1.807, 2.05) is 0 Å². The molecule has 0 aromatic heterocycles. The Bertz CT molecular complexity index is 810. The quantitative estimate of drug-likeness (QED) is 0.800. The molecule has 28 heavy (non-hydrogen) atoms. The number of nitrogens with one attached hydrogen (secondary N) is 1. The van der Waals surface area contributed by atoms with Crippen molar-refractivity contribution in [3.8, 4) is 5.75 Å². The fourth-order valence-corrected chi connectivity index (χ4v) is 2.87. The number of carbonyl (C=O) groups is 2. The van der Waals surface area contributed by atoms with Crippen LogP contribution in [0.3, 0.4) is 0 Å². The van der Waals surface area contributed by atoms with Crippen LogP contribution in [-0.4, -0.2) is 54.4 Å². The third kappa shape index (κ3) is 5.61. The maximum absolute atomic E-state index is 12.3. The smallest absolute Gasteiger partial charge is 0.410 e. The number of phenols is 1. The Kier molecular flexibility index (Phi) is 6.73. The van der Waals surface area contributed by atoms with E-state index in [2.05, 4.69) is 5.32 Å². The van der Waals surface area contributed by atoms with E-state index in [-0.39, 0.29) is 30.9 Å². The average Bonchev–Trinajstić information content (AvgIpc) is 2.72. The van der Waals surface area contributed by atoms with Crippen molar-refractivity contribution in [2.24, 2.45) is 0 Å². The molecule has 0 unspecified atom stereocenters. The van der Waals surface area contributed by atoms with Gasteiger partial charge in [-0.2, -0.15) is 0 Å². The number of hydrogen-bond acceptors (Lipinski definition) is 5. The van der Waals surface area contributed by atoms with E-state index in [0.29, 0.717) is 30.3 Å². The van der Waals surface area contributed by atoms with Crippen molar-refractivity contribution in [1.82, 2.24) is 10.2 Å². The Labute approximate surface area is 167 Å². The van der Waals surface area contributed by atoms with Crippen molar-refractivity contribution in [1.29, 1.82) is 0 Å². The Hall–Kier alpha value is -2.77. The van der Waals surface area contributed by atoms with Crippen LogP contribution in [0, 0.1) is 0 Å². The molecule has 1 heterocycles. The Morgan fingerprint density at radius 3 is 2.61 bits per heavy atom. The number of phenolic OH excluding ortho intramolecular Hbond substituents is 1. The molecule has 1 aliphatic rings. The van der Waals surface area contributed by atoms with Crippen LogP contribution >= 0.6 is 11.6 Å². The summed E-state index contributed by atoms with van der Waals surface area (Å²) in [7, 11) is 0. The summed E-state index contributed by atoms with van der Waals surface area (Å²) >= 11 is 5.84. The highest BCUT2D eigenvalue weighted by atomic mass is 35.5. The summed E-state index contributed by atoms with van der Waals surface area (Å²) in [6, 6.07) is 13.1. The number of morpholine rings is 1. The highest BCUT2D eigenvalue weighted by Crippen LogP contribution is 2.13. The molecule has 0 radical (unpaired) electrons. The molecular weight excluding hydrogens is 384 g/mol. The predicted molar refractivity (Wildman–Crippen MR) is 103 cm³/mol. The lowest BCUT2D eigenvalue weighted by molar-refractivity contribution is -0.0263. The molecule has 8 heteroatoms. The summed E-state index contributed by atoms with van der Waals surface area (Å²) in [6.45, 7) is 1.56. The van der Waals surface area contributed by atoms with E-state index < -0.39 is 6.09 Å². The van der Waals surface area contributed by atoms with Gasteiger partial charge in [-0.25, -0.2) is 4.79 Å². The van der Waals surface area contributed by atoms with Gasteiger partial charge in [-0.3, -0.25) is 4.79 Å². The van der Waals surface area contributed by atoms with Crippen molar-refractivity contribution in [2.45, 2.75) is 12.7 Å². The molecule has 7 nitrogen and oxygen atoms in total. The zero-order valence-electron chi connectivity index (χ0n) is 15.1. The fourth-order valence-electron chi connectivity index (χ4n) is 2.75. The Balaban J connectivity index is 1.45. The molecular formula is C20H21ClN2O5. The van der Waals surface area contributed by atoms with Crippen molar-refractivity contribution < 1.29 is 24.2 Å². The van der Waals surface area contributed by atoms with E-state index in [4.69, 9.17) is 21.1 Å². The lowest BCUT2D eigenvalue weighted by atomic mass is 10.2. The predicted octanol–water partition coefficient (Wildman–Crippen LogP) is 2.81. The molecule has 0 bridgehead atoms. The van der Waals surface area contributed by atoms with Gasteiger partial charge in [0.2, 0.25) is 0 Å². The maximum atomic E-state index is 12.3. The van der Waals surface area contributed by atoms with Crippen LogP contribution < -0.4 is 5.32 Å². The SMILES string of the molecule is O=C(NC[C@@H]1CN(C(=O)OCc2ccc(Cl)cc2)CCO1)c1ccc(O)cc1. The van der Waals surface area contributed by atoms with Gasteiger partial charge in [0.15, 0.2) is 0 Å². The number of rotatable bonds is 5. The van der Waals surface area contributed by atoms with Gasteiger partial charge in [0.05, 0.1) is 19.3 Å². The molecule has 0 saturated carbocycles. The molecule has 0 spiro atoms. The Morgan fingerprint density at radius 1 is 1.18 bits per heavy atom. The second-order valence-corrected chi connectivity index (χ2v) is 6.81. The second kappa shape index (κ2) is 9.43. The van der Waals surface area contributed by atoms with Crippen molar-refractivity contribution >= 4 is 23.6 Å². The molecule has 2 aromatic rings. The average molecular weight is 405 g/mol. The van der Waals surface area contributed by atoms with Gasteiger partial charge in [-0.05, 0) is 42.0 Å². The van der Waals surface area contributed by atoms with Gasteiger partial charge < -0.3 is 24.8 Å². The first-order valence-corrected chi connectivity index (χ1v) is 9.24. The van der Waals surface area contributed by atoms with Gasteiger partial charge >= 0.3 is 6.09 Å². The van der Waals surface area contributed by atoms with Crippen LogP contribution in [0.25, 0.3) is 0 Å². The van der Waals surface area contributed by atoms with E-state index in [9.17, 15) is 14.7 Å². The summed E-state index contributed by atoms with van der Waals surface area (Å²) in [5.74, 6) is -0.175. The summed E-state index contributed by atoms with van der Waals surface area (Å²) in [4.78, 5) is 26.0. The van der Waals surface area contributed by atoms with Crippen LogP contribution in [0.5, 0.6) is 5.75 Å². The number of aromatic hydroxyl groups is 1. The van der Waals surface area contributed by atoms with Gasteiger partial charge in [0.1, 0.15) is 12.4 Å². The first-order valence-electron chi connectivity index (χ1n) is 8.86. The molecule has 2 amide bonds. The topological polar surface area (TPSA) is 88.1 Å². The molecule has 2 N–H and O–H groups in total. The zero-order chi connectivity index (χ0) is 19.9. The molecule has 3 rings (SSSR count). The molecule has 0 aliphatic carbocycles. The molecule has 2 aromatic carbocycles. The molecule has 1 saturated heterocycles. The fraction of sp³-hybridized carbons (Fsp3) is 0.300. The Morgan fingerprint density at radius 2 is 1.89 bits per heavy atom. The van der Waals surface area contributed by atoms with Crippen LogP contribution in [-0.2, 0) is 16.1 Å². The van der Waals surface area contributed by atoms with E-state index >= 15 is 0 Å². The van der Waals surface area contributed by atoms with Gasteiger partial charge in [-0.1, -0.05) is 23.7 Å². The normalized spacial score (nSPS) is 16.5. The highest BCUT2D eigenvalue weighted by Gasteiger charge is 2.25. The van der Waals surface area contributed by atoms with Crippen molar-refractivity contribution in [2.75, 3.05) is 26.2 Å².